The van der Waals surface area contributed by atoms with Gasteiger partial charge in [0, 0.05) is 11.5 Å². The van der Waals surface area contributed by atoms with Crippen molar-refractivity contribution in [1.29, 1.82) is 0 Å². The van der Waals surface area contributed by atoms with Crippen molar-refractivity contribution in [3.05, 3.63) is 11.6 Å². The average molecular weight is 176 g/mol. The van der Waals surface area contributed by atoms with Crippen LogP contribution in [0.4, 0.5) is 0 Å². The summed E-state index contributed by atoms with van der Waals surface area (Å²) in [5.41, 5.74) is 0. The maximum Gasteiger partial charge on any atom is 0.220 e. The lowest BCUT2D eigenvalue weighted by molar-refractivity contribution is -0.121. The molecule has 0 spiro atoms. The first-order valence-electron chi connectivity index (χ1n) is 3.62. The topological polar surface area (TPSA) is 29.1 Å². The van der Waals surface area contributed by atoms with Gasteiger partial charge in [-0.1, -0.05) is 32.0 Å². The van der Waals surface area contributed by atoms with Crippen molar-refractivity contribution >= 4 is 17.5 Å². The summed E-state index contributed by atoms with van der Waals surface area (Å²) in [4.78, 5) is 10.9. The third kappa shape index (κ3) is 7.40. The van der Waals surface area contributed by atoms with Crippen LogP contribution in [0.5, 0.6) is 0 Å². The number of amides is 1. The van der Waals surface area contributed by atoms with Crippen LogP contribution in [0.1, 0.15) is 20.3 Å². The smallest absolute Gasteiger partial charge is 0.220 e. The van der Waals surface area contributed by atoms with Crippen LogP contribution in [0, 0.1) is 5.92 Å². The van der Waals surface area contributed by atoms with Gasteiger partial charge in [-0.25, -0.2) is 0 Å². The average Bonchev–Trinajstić information content (AvgIpc) is 1.82. The molecule has 0 aliphatic heterocycles. The zero-order chi connectivity index (χ0) is 8.85. The molecule has 0 radical (unpaired) electrons. The van der Waals surface area contributed by atoms with Crippen LogP contribution >= 0.6 is 11.6 Å². The standard InChI is InChI=1S/C8H14ClNO/c1-6(2)4-8(11)10-5-7(3)9/h6H,3-5H2,1-2H3,(H,10,11). The molecule has 2 nitrogen and oxygen atoms in total. The minimum absolute atomic E-state index is 0.0294. The Morgan fingerprint density at radius 3 is 2.55 bits per heavy atom. The fourth-order valence-electron chi connectivity index (χ4n) is 0.637. The van der Waals surface area contributed by atoms with Crippen LogP contribution in [-0.4, -0.2) is 12.5 Å². The van der Waals surface area contributed by atoms with E-state index in [4.69, 9.17) is 11.6 Å². The highest BCUT2D eigenvalue weighted by molar-refractivity contribution is 6.29. The van der Waals surface area contributed by atoms with E-state index < -0.39 is 0 Å². The molecule has 0 fully saturated rings. The first-order chi connectivity index (χ1) is 5.02. The Morgan fingerprint density at radius 1 is 1.64 bits per heavy atom. The van der Waals surface area contributed by atoms with Crippen LogP contribution in [-0.2, 0) is 4.79 Å². The molecule has 1 N–H and O–H groups in total. The summed E-state index contributed by atoms with van der Waals surface area (Å²) in [5.74, 6) is 0.417. The van der Waals surface area contributed by atoms with E-state index >= 15 is 0 Å². The highest BCUT2D eigenvalue weighted by atomic mass is 35.5. The van der Waals surface area contributed by atoms with Crippen LogP contribution in [0.25, 0.3) is 0 Å². The van der Waals surface area contributed by atoms with Crippen molar-refractivity contribution in [2.75, 3.05) is 6.54 Å². The molecule has 11 heavy (non-hydrogen) atoms. The highest BCUT2D eigenvalue weighted by Gasteiger charge is 2.03. The van der Waals surface area contributed by atoms with Crippen LogP contribution in [0.3, 0.4) is 0 Å². The third-order valence-corrected chi connectivity index (χ3v) is 1.20. The van der Waals surface area contributed by atoms with E-state index in [1.54, 1.807) is 0 Å². The fraction of sp³-hybridized carbons (Fsp3) is 0.625. The summed E-state index contributed by atoms with van der Waals surface area (Å²) < 4.78 is 0. The molecule has 0 saturated heterocycles. The molecular formula is C8H14ClNO. The van der Waals surface area contributed by atoms with Crippen molar-refractivity contribution in [1.82, 2.24) is 5.32 Å². The zero-order valence-electron chi connectivity index (χ0n) is 6.98. The molecule has 1 amide bonds. The summed E-state index contributed by atoms with van der Waals surface area (Å²) in [6.07, 6.45) is 0.546. The SMILES string of the molecule is C=C(Cl)CNC(=O)CC(C)C. The lowest BCUT2D eigenvalue weighted by Crippen LogP contribution is -2.25. The Labute approximate surface area is 72.6 Å². The van der Waals surface area contributed by atoms with Gasteiger partial charge in [0.15, 0.2) is 0 Å². The van der Waals surface area contributed by atoms with Gasteiger partial charge in [0.25, 0.3) is 0 Å². The predicted molar refractivity (Wildman–Crippen MR) is 47.5 cm³/mol. The molecule has 0 rings (SSSR count). The van der Waals surface area contributed by atoms with Crippen molar-refractivity contribution in [2.45, 2.75) is 20.3 Å². The molecule has 3 heteroatoms. The minimum atomic E-state index is 0.0294. The van der Waals surface area contributed by atoms with Crippen LogP contribution < -0.4 is 5.32 Å². The molecule has 0 heterocycles. The van der Waals surface area contributed by atoms with E-state index in [0.29, 0.717) is 23.9 Å². The summed E-state index contributed by atoms with van der Waals surface area (Å²) in [6, 6.07) is 0. The Bertz CT molecular complexity index is 154. The molecule has 0 saturated carbocycles. The maximum absolute atomic E-state index is 10.9. The summed E-state index contributed by atoms with van der Waals surface area (Å²) >= 11 is 5.45. The maximum atomic E-state index is 10.9. The molecule has 0 atom stereocenters. The monoisotopic (exact) mass is 175 g/mol. The van der Waals surface area contributed by atoms with Gasteiger partial charge < -0.3 is 5.32 Å². The first-order valence-corrected chi connectivity index (χ1v) is 4.00. The zero-order valence-corrected chi connectivity index (χ0v) is 7.74. The summed E-state index contributed by atoms with van der Waals surface area (Å²) in [6.45, 7) is 7.82. The molecule has 0 aliphatic carbocycles. The van der Waals surface area contributed by atoms with Gasteiger partial charge in [0.2, 0.25) is 5.91 Å². The number of carbonyl (C=O) groups is 1. The second-order valence-electron chi connectivity index (χ2n) is 2.89. The number of hydrogen-bond donors (Lipinski definition) is 1. The Morgan fingerprint density at radius 2 is 2.18 bits per heavy atom. The van der Waals surface area contributed by atoms with Crippen LogP contribution in [0.15, 0.2) is 11.6 Å². The highest BCUT2D eigenvalue weighted by Crippen LogP contribution is 1.99. The Balaban J connectivity index is 3.45. The summed E-state index contributed by atoms with van der Waals surface area (Å²) in [7, 11) is 0. The lowest BCUT2D eigenvalue weighted by atomic mass is 10.1. The van der Waals surface area contributed by atoms with Crippen molar-refractivity contribution in [3.8, 4) is 0 Å². The molecule has 0 aromatic rings. The molecule has 0 unspecified atom stereocenters. The molecule has 0 aliphatic rings. The van der Waals surface area contributed by atoms with E-state index in [2.05, 4.69) is 11.9 Å². The third-order valence-electron chi connectivity index (χ3n) is 1.07. The van der Waals surface area contributed by atoms with Crippen LogP contribution in [0.2, 0.25) is 0 Å². The molecule has 0 aromatic heterocycles. The van der Waals surface area contributed by atoms with Crippen molar-refractivity contribution in [2.24, 2.45) is 5.92 Å². The Hall–Kier alpha value is -0.500. The number of nitrogens with one attached hydrogen (secondary N) is 1. The number of halogens is 1. The van der Waals surface area contributed by atoms with E-state index in [0.717, 1.165) is 0 Å². The Kier molecular flexibility index (Phi) is 4.95. The van der Waals surface area contributed by atoms with Crippen molar-refractivity contribution < 1.29 is 4.79 Å². The van der Waals surface area contributed by atoms with Gasteiger partial charge in [-0.15, -0.1) is 0 Å². The van der Waals surface area contributed by atoms with E-state index in [1.807, 2.05) is 13.8 Å². The van der Waals surface area contributed by atoms with Gasteiger partial charge in [-0.3, -0.25) is 4.79 Å². The second kappa shape index (κ2) is 5.19. The largest absolute Gasteiger partial charge is 0.351 e. The number of rotatable bonds is 4. The molecular weight excluding hydrogens is 162 g/mol. The molecule has 0 bridgehead atoms. The molecule has 0 aromatic carbocycles. The molecule has 64 valence electrons. The number of carbonyl (C=O) groups excluding carboxylic acids is 1. The van der Waals surface area contributed by atoms with Gasteiger partial charge in [0.05, 0.1) is 6.54 Å². The minimum Gasteiger partial charge on any atom is -0.351 e. The van der Waals surface area contributed by atoms with E-state index in [-0.39, 0.29) is 5.91 Å². The predicted octanol–water partition coefficient (Wildman–Crippen LogP) is 1.90. The van der Waals surface area contributed by atoms with Gasteiger partial charge in [-0.2, -0.15) is 0 Å². The van der Waals surface area contributed by atoms with E-state index in [9.17, 15) is 4.79 Å². The van der Waals surface area contributed by atoms with Gasteiger partial charge in [-0.05, 0) is 5.92 Å². The second-order valence-corrected chi connectivity index (χ2v) is 3.43. The normalized spacial score (nSPS) is 9.82. The summed E-state index contributed by atoms with van der Waals surface area (Å²) in [5, 5.41) is 3.10. The quantitative estimate of drug-likeness (QED) is 0.695. The van der Waals surface area contributed by atoms with E-state index in [1.165, 1.54) is 0 Å². The number of hydrogen-bond acceptors (Lipinski definition) is 1. The van der Waals surface area contributed by atoms with Gasteiger partial charge >= 0.3 is 0 Å². The van der Waals surface area contributed by atoms with Gasteiger partial charge in [0.1, 0.15) is 0 Å². The lowest BCUT2D eigenvalue weighted by Gasteiger charge is -2.05. The van der Waals surface area contributed by atoms with Crippen molar-refractivity contribution in [3.63, 3.8) is 0 Å². The first kappa shape index (κ1) is 10.5. The fourth-order valence-corrected chi connectivity index (χ4v) is 0.704.